The van der Waals surface area contributed by atoms with Crippen LogP contribution in [0.15, 0.2) is 72.8 Å². The lowest BCUT2D eigenvalue weighted by atomic mass is 9.79. The molecule has 0 radical (unpaired) electrons. The minimum absolute atomic E-state index is 0.182. The van der Waals surface area contributed by atoms with Crippen LogP contribution in [-0.4, -0.2) is 15.3 Å². The molecule has 5 aromatic carbocycles. The number of phenolic OH excluding ortho intramolecular Hbond substituents is 3. The van der Waals surface area contributed by atoms with Gasteiger partial charge in [0.1, 0.15) is 29.6 Å². The van der Waals surface area contributed by atoms with E-state index < -0.39 is 0 Å². The zero-order valence-electron chi connectivity index (χ0n) is 36.2. The Morgan fingerprint density at radius 1 is 0.474 bits per heavy atom. The average molecular weight is 764 g/mol. The lowest BCUT2D eigenvalue weighted by Gasteiger charge is -2.27. The molecule has 0 heterocycles. The molecule has 0 aliphatic heterocycles. The van der Waals surface area contributed by atoms with Gasteiger partial charge in [-0.15, -0.1) is 0 Å². The van der Waals surface area contributed by atoms with Crippen molar-refractivity contribution in [2.75, 3.05) is 0 Å². The van der Waals surface area contributed by atoms with Gasteiger partial charge in [0.2, 0.25) is 0 Å². The van der Waals surface area contributed by atoms with Gasteiger partial charge in [0.15, 0.2) is 0 Å². The molecule has 0 saturated heterocycles. The summed E-state index contributed by atoms with van der Waals surface area (Å²) in [4.78, 5) is 0. The van der Waals surface area contributed by atoms with Crippen molar-refractivity contribution in [3.8, 4) is 29.1 Å². The summed E-state index contributed by atoms with van der Waals surface area (Å²) >= 11 is 0. The standard InChI is InChI=1S/C52H61NO4/c1-49(2,3)41-21-33-17-35-23-42(50(4,5)6)25-37(46(35)55)19-39-27-44(52(10,11)12)28-40(48(39)57-30-32-16-14-13-15-31(32)29-53)20-38-26-43(51(7,8)9)24-36(47(38)56)18-34(22-41)45(33)54/h13-16,21-28,54-56H,17-20,30H2,1-12H3. The molecule has 0 atom stereocenters. The molecule has 8 bridgehead atoms. The van der Waals surface area contributed by atoms with Crippen molar-refractivity contribution < 1.29 is 20.1 Å². The largest absolute Gasteiger partial charge is 0.507 e. The lowest BCUT2D eigenvalue weighted by Crippen LogP contribution is -2.16. The van der Waals surface area contributed by atoms with Gasteiger partial charge in [-0.2, -0.15) is 5.26 Å². The molecule has 1 aliphatic rings. The van der Waals surface area contributed by atoms with Crippen molar-refractivity contribution in [1.29, 1.82) is 5.26 Å². The number of hydrogen-bond acceptors (Lipinski definition) is 5. The fourth-order valence-electron chi connectivity index (χ4n) is 7.75. The summed E-state index contributed by atoms with van der Waals surface area (Å²) in [6.07, 6.45) is 1.42. The summed E-state index contributed by atoms with van der Waals surface area (Å²) in [5, 5.41) is 46.6. The van der Waals surface area contributed by atoms with Crippen LogP contribution in [0.5, 0.6) is 23.0 Å². The first-order chi connectivity index (χ1) is 26.4. The molecule has 5 heteroatoms. The highest BCUT2D eigenvalue weighted by atomic mass is 16.5. The maximum atomic E-state index is 12.3. The highest BCUT2D eigenvalue weighted by molar-refractivity contribution is 5.59. The second-order valence-electron chi connectivity index (χ2n) is 20.3. The smallest absolute Gasteiger partial charge is 0.126 e. The molecule has 6 rings (SSSR count). The first-order valence-electron chi connectivity index (χ1n) is 20.3. The Morgan fingerprint density at radius 3 is 1.05 bits per heavy atom. The molecule has 5 aromatic rings. The third-order valence-electron chi connectivity index (χ3n) is 11.5. The van der Waals surface area contributed by atoms with Gasteiger partial charge in [-0.25, -0.2) is 0 Å². The van der Waals surface area contributed by atoms with Crippen LogP contribution in [0.1, 0.15) is 161 Å². The summed E-state index contributed by atoms with van der Waals surface area (Å²) < 4.78 is 6.88. The van der Waals surface area contributed by atoms with Gasteiger partial charge in [0, 0.05) is 31.2 Å². The van der Waals surface area contributed by atoms with Crippen LogP contribution in [0.4, 0.5) is 0 Å². The maximum absolute atomic E-state index is 12.3. The number of phenols is 3. The number of nitrogens with zero attached hydrogens (tertiary/aromatic N) is 1. The van der Waals surface area contributed by atoms with Crippen molar-refractivity contribution in [2.45, 2.75) is 137 Å². The van der Waals surface area contributed by atoms with E-state index in [1.54, 1.807) is 6.07 Å². The topological polar surface area (TPSA) is 93.7 Å². The first kappa shape index (κ1) is 41.4. The number of hydrogen-bond donors (Lipinski definition) is 3. The molecular formula is C52H61NO4. The average Bonchev–Trinajstić information content (AvgIpc) is 3.10. The summed E-state index contributed by atoms with van der Waals surface area (Å²) in [7, 11) is 0. The number of ether oxygens (including phenoxy) is 1. The molecule has 3 N–H and O–H groups in total. The van der Waals surface area contributed by atoms with Gasteiger partial charge in [-0.3, -0.25) is 0 Å². The van der Waals surface area contributed by atoms with Crippen LogP contribution in [0.3, 0.4) is 0 Å². The van der Waals surface area contributed by atoms with Crippen molar-refractivity contribution in [3.05, 3.63) is 151 Å². The van der Waals surface area contributed by atoms with Crippen molar-refractivity contribution in [2.24, 2.45) is 0 Å². The number of nitriles is 1. The molecule has 0 aromatic heterocycles. The molecule has 0 fully saturated rings. The number of aromatic hydroxyl groups is 3. The Bertz CT molecular complexity index is 2260. The zero-order valence-corrected chi connectivity index (χ0v) is 36.2. The third kappa shape index (κ3) is 8.86. The summed E-state index contributed by atoms with van der Waals surface area (Å²) in [5.41, 5.74) is 11.2. The lowest BCUT2D eigenvalue weighted by molar-refractivity contribution is 0.299. The van der Waals surface area contributed by atoms with E-state index in [1.165, 1.54) is 0 Å². The van der Waals surface area contributed by atoms with E-state index in [0.717, 1.165) is 72.3 Å². The predicted molar refractivity (Wildman–Crippen MR) is 232 cm³/mol. The molecule has 1 aliphatic carbocycles. The van der Waals surface area contributed by atoms with E-state index in [-0.39, 0.29) is 45.5 Å². The monoisotopic (exact) mass is 763 g/mol. The summed E-state index contributed by atoms with van der Waals surface area (Å²) in [6, 6.07) is 26.8. The highest BCUT2D eigenvalue weighted by Crippen LogP contribution is 2.43. The number of rotatable bonds is 3. The van der Waals surface area contributed by atoms with Gasteiger partial charge in [0.25, 0.3) is 0 Å². The molecule has 0 unspecified atom stereocenters. The van der Waals surface area contributed by atoms with E-state index in [4.69, 9.17) is 4.74 Å². The SMILES string of the molecule is CC(C)(C)c1cc2c(O)c(c1)Cc1cc(C(C)(C)C)cc(c1O)Cc1cc(C(C)(C)C)cc(c1OCc1ccccc1C#N)Cc1cc(C(C)(C)C)cc(c1O)C2. The van der Waals surface area contributed by atoms with Crippen molar-refractivity contribution in [3.63, 3.8) is 0 Å². The Labute approximate surface area is 341 Å². The molecule has 5 nitrogen and oxygen atoms in total. The van der Waals surface area contributed by atoms with Gasteiger partial charge >= 0.3 is 0 Å². The maximum Gasteiger partial charge on any atom is 0.126 e. The minimum atomic E-state index is -0.220. The van der Waals surface area contributed by atoms with Crippen LogP contribution < -0.4 is 4.74 Å². The van der Waals surface area contributed by atoms with Crippen LogP contribution in [0, 0.1) is 11.3 Å². The van der Waals surface area contributed by atoms with E-state index in [9.17, 15) is 20.6 Å². The zero-order chi connectivity index (χ0) is 41.8. The quantitative estimate of drug-likeness (QED) is 0.167. The van der Waals surface area contributed by atoms with Crippen LogP contribution in [0.25, 0.3) is 0 Å². The number of benzene rings is 5. The molecule has 57 heavy (non-hydrogen) atoms. The normalized spacial score (nSPS) is 13.6. The fraction of sp³-hybridized carbons (Fsp3) is 0.404. The van der Waals surface area contributed by atoms with E-state index >= 15 is 0 Å². The molecule has 0 saturated carbocycles. The van der Waals surface area contributed by atoms with Gasteiger partial charge in [-0.1, -0.05) is 150 Å². The highest BCUT2D eigenvalue weighted by Gasteiger charge is 2.28. The molecule has 298 valence electrons. The summed E-state index contributed by atoms with van der Waals surface area (Å²) in [5.74, 6) is 1.29. The number of fused-ring (bicyclic) bond motifs is 8. The molecule has 0 amide bonds. The van der Waals surface area contributed by atoms with Gasteiger partial charge in [-0.05, 0) is 94.5 Å². The minimum Gasteiger partial charge on any atom is -0.507 e. The van der Waals surface area contributed by atoms with Crippen LogP contribution >= 0.6 is 0 Å². The van der Waals surface area contributed by atoms with E-state index in [1.807, 2.05) is 18.2 Å². The predicted octanol–water partition coefficient (Wildman–Crippen LogP) is 12.1. The van der Waals surface area contributed by atoms with E-state index in [0.29, 0.717) is 37.0 Å². The Hall–Kier alpha value is -5.21. The molecule has 0 spiro atoms. The van der Waals surface area contributed by atoms with Gasteiger partial charge < -0.3 is 20.1 Å². The fourth-order valence-corrected chi connectivity index (χ4v) is 7.75. The van der Waals surface area contributed by atoms with Gasteiger partial charge in [0.05, 0.1) is 11.6 Å². The Kier molecular flexibility index (Phi) is 10.9. The van der Waals surface area contributed by atoms with Crippen LogP contribution in [0.2, 0.25) is 0 Å². The first-order valence-corrected chi connectivity index (χ1v) is 20.3. The molecular weight excluding hydrogens is 703 g/mol. The van der Waals surface area contributed by atoms with Crippen LogP contribution in [-0.2, 0) is 54.0 Å². The second kappa shape index (κ2) is 14.9. The van der Waals surface area contributed by atoms with E-state index in [2.05, 4.69) is 138 Å². The van der Waals surface area contributed by atoms with Crippen molar-refractivity contribution in [1.82, 2.24) is 0 Å². The Balaban J connectivity index is 1.71. The van der Waals surface area contributed by atoms with Crippen molar-refractivity contribution >= 4 is 0 Å². The Morgan fingerprint density at radius 2 is 0.754 bits per heavy atom. The second-order valence-corrected chi connectivity index (χ2v) is 20.3. The third-order valence-corrected chi connectivity index (χ3v) is 11.5. The summed E-state index contributed by atoms with van der Waals surface area (Å²) in [6.45, 7) is 26.4.